The third-order valence-corrected chi connectivity index (χ3v) is 5.25. The highest BCUT2D eigenvalue weighted by Crippen LogP contribution is 2.36. The molecule has 1 saturated carbocycles. The average molecular weight is 391 g/mol. The van der Waals surface area contributed by atoms with Crippen molar-refractivity contribution in [3.63, 3.8) is 0 Å². The van der Waals surface area contributed by atoms with E-state index in [4.69, 9.17) is 11.6 Å². The van der Waals surface area contributed by atoms with Crippen LogP contribution in [0.25, 0.3) is 0 Å². The van der Waals surface area contributed by atoms with Crippen molar-refractivity contribution in [2.24, 2.45) is 0 Å². The number of hydrogen-bond acceptors (Lipinski definition) is 2. The van der Waals surface area contributed by atoms with Gasteiger partial charge in [0.05, 0.1) is 23.0 Å². The summed E-state index contributed by atoms with van der Waals surface area (Å²) in [5.41, 5.74) is -1.01. The third kappa shape index (κ3) is 4.29. The number of alkyl halides is 3. The number of fused-ring (bicyclic) bond motifs is 1. The first kappa shape index (κ1) is 19.0. The van der Waals surface area contributed by atoms with E-state index in [1.807, 2.05) is 5.32 Å². The number of anilines is 1. The van der Waals surface area contributed by atoms with Crippen molar-refractivity contribution >= 4 is 29.1 Å². The number of hydrogen-bond donors (Lipinski definition) is 3. The number of piperazine rings is 1. The van der Waals surface area contributed by atoms with Crippen LogP contribution in [0.4, 0.5) is 18.9 Å². The molecule has 26 heavy (non-hydrogen) atoms. The fraction of sp³-hybridized carbons (Fsp3) is 0.529. The topological polar surface area (TPSA) is 74.8 Å². The van der Waals surface area contributed by atoms with Crippen molar-refractivity contribution in [3.8, 4) is 0 Å². The molecule has 3 atom stereocenters. The predicted molar refractivity (Wildman–Crippen MR) is 89.6 cm³/mol. The summed E-state index contributed by atoms with van der Waals surface area (Å²) >= 11 is 5.57. The predicted octanol–water partition coefficient (Wildman–Crippen LogP) is 2.06. The summed E-state index contributed by atoms with van der Waals surface area (Å²) in [4.78, 5) is 24.4. The smallest absolute Gasteiger partial charge is 0.342 e. The van der Waals surface area contributed by atoms with E-state index < -0.39 is 28.7 Å². The van der Waals surface area contributed by atoms with Gasteiger partial charge in [0, 0.05) is 12.1 Å². The van der Waals surface area contributed by atoms with Crippen molar-refractivity contribution in [2.75, 3.05) is 5.32 Å². The Kier molecular flexibility index (Phi) is 5.43. The zero-order chi connectivity index (χ0) is 18.9. The SMILES string of the molecule is O=C(C[C@@H]1[NH2+][C@H]2CCCC[C@@H]2NC1=O)Nc1ccc(Cl)c(C(F)(F)F)c1. The first-order chi connectivity index (χ1) is 12.2. The van der Waals surface area contributed by atoms with Crippen molar-refractivity contribution in [1.82, 2.24) is 5.32 Å². The molecule has 1 saturated heterocycles. The van der Waals surface area contributed by atoms with E-state index in [2.05, 4.69) is 10.6 Å². The van der Waals surface area contributed by atoms with E-state index in [-0.39, 0.29) is 30.1 Å². The molecule has 9 heteroatoms. The quantitative estimate of drug-likeness (QED) is 0.739. The van der Waals surface area contributed by atoms with Crippen LogP contribution in [0.1, 0.15) is 37.7 Å². The molecular weight excluding hydrogens is 371 g/mol. The molecule has 1 aromatic rings. The molecule has 2 fully saturated rings. The summed E-state index contributed by atoms with van der Waals surface area (Å²) in [5.74, 6) is -0.707. The molecule has 142 valence electrons. The normalized spacial score (nSPS) is 26.0. The monoisotopic (exact) mass is 390 g/mol. The van der Waals surface area contributed by atoms with Gasteiger partial charge in [0.15, 0.2) is 6.04 Å². The number of halogens is 4. The zero-order valence-electron chi connectivity index (χ0n) is 13.9. The number of benzene rings is 1. The lowest BCUT2D eigenvalue weighted by Crippen LogP contribution is -3.03. The third-order valence-electron chi connectivity index (χ3n) is 4.92. The summed E-state index contributed by atoms with van der Waals surface area (Å²) in [6, 6.07) is 3.02. The van der Waals surface area contributed by atoms with E-state index in [1.165, 1.54) is 6.07 Å². The van der Waals surface area contributed by atoms with Crippen LogP contribution in [-0.2, 0) is 15.8 Å². The second-order valence-corrected chi connectivity index (χ2v) is 7.21. The number of carbonyl (C=O) groups excluding carboxylic acids is 2. The summed E-state index contributed by atoms with van der Waals surface area (Å²) < 4.78 is 38.7. The molecule has 2 amide bonds. The molecular formula is C17H20ClF3N3O2+. The number of quaternary nitrogens is 1. The second kappa shape index (κ2) is 7.44. The lowest BCUT2D eigenvalue weighted by molar-refractivity contribution is -0.718. The van der Waals surface area contributed by atoms with Gasteiger partial charge in [-0.15, -0.1) is 0 Å². The minimum atomic E-state index is -4.61. The molecule has 1 aliphatic heterocycles. The average Bonchev–Trinajstić information content (AvgIpc) is 2.56. The number of rotatable bonds is 3. The van der Waals surface area contributed by atoms with E-state index in [9.17, 15) is 22.8 Å². The van der Waals surface area contributed by atoms with Crippen molar-refractivity contribution < 1.29 is 28.1 Å². The minimum Gasteiger partial charge on any atom is -0.342 e. The maximum atomic E-state index is 12.9. The van der Waals surface area contributed by atoms with Crippen LogP contribution >= 0.6 is 11.6 Å². The Balaban J connectivity index is 1.63. The van der Waals surface area contributed by atoms with Gasteiger partial charge in [0.25, 0.3) is 5.91 Å². The minimum absolute atomic E-state index is 0.00140. The van der Waals surface area contributed by atoms with Crippen LogP contribution in [0.2, 0.25) is 5.02 Å². The first-order valence-corrected chi connectivity index (χ1v) is 8.94. The molecule has 4 N–H and O–H groups in total. The fourth-order valence-corrected chi connectivity index (χ4v) is 3.86. The Bertz CT molecular complexity index is 711. The molecule has 0 aromatic heterocycles. The highest BCUT2D eigenvalue weighted by Gasteiger charge is 2.40. The largest absolute Gasteiger partial charge is 0.417 e. The Morgan fingerprint density at radius 1 is 1.31 bits per heavy atom. The lowest BCUT2D eigenvalue weighted by atomic mass is 9.87. The summed E-state index contributed by atoms with van der Waals surface area (Å²) in [6.07, 6.45) is -0.605. The van der Waals surface area contributed by atoms with E-state index in [0.29, 0.717) is 0 Å². The van der Waals surface area contributed by atoms with E-state index in [1.54, 1.807) is 0 Å². The van der Waals surface area contributed by atoms with Crippen LogP contribution in [0.5, 0.6) is 0 Å². The highest BCUT2D eigenvalue weighted by molar-refractivity contribution is 6.31. The zero-order valence-corrected chi connectivity index (χ0v) is 14.7. The Hall–Kier alpha value is -1.80. The van der Waals surface area contributed by atoms with Crippen LogP contribution in [0, 0.1) is 0 Å². The Labute approximate surface area is 153 Å². The molecule has 3 rings (SSSR count). The van der Waals surface area contributed by atoms with E-state index >= 15 is 0 Å². The van der Waals surface area contributed by atoms with Crippen molar-refractivity contribution in [2.45, 2.75) is 56.4 Å². The molecule has 0 bridgehead atoms. The number of nitrogens with two attached hydrogens (primary N) is 1. The second-order valence-electron chi connectivity index (χ2n) is 6.81. The molecule has 0 spiro atoms. The van der Waals surface area contributed by atoms with Crippen LogP contribution in [0.3, 0.4) is 0 Å². The molecule has 0 radical (unpaired) electrons. The number of amides is 2. The maximum Gasteiger partial charge on any atom is 0.417 e. The standard InChI is InChI=1S/C17H19ClF3N3O2/c18-11-6-5-9(7-10(11)17(19,20)21)22-15(25)8-14-16(26)24-13-4-2-1-3-12(13)23-14/h5-7,12-14,23H,1-4,8H2,(H,22,25)(H,24,26)/p+1/t12-,13-,14-/m0/s1. The Morgan fingerprint density at radius 2 is 2.04 bits per heavy atom. The number of carbonyl (C=O) groups is 2. The van der Waals surface area contributed by atoms with Crippen LogP contribution in [0.15, 0.2) is 18.2 Å². The van der Waals surface area contributed by atoms with Gasteiger partial charge in [-0.25, -0.2) is 0 Å². The van der Waals surface area contributed by atoms with Gasteiger partial charge in [-0.2, -0.15) is 13.2 Å². The lowest BCUT2D eigenvalue weighted by Gasteiger charge is -2.37. The van der Waals surface area contributed by atoms with Crippen molar-refractivity contribution in [1.29, 1.82) is 0 Å². The van der Waals surface area contributed by atoms with Gasteiger partial charge in [-0.3, -0.25) is 9.59 Å². The molecule has 5 nitrogen and oxygen atoms in total. The van der Waals surface area contributed by atoms with Gasteiger partial charge in [-0.1, -0.05) is 18.0 Å². The molecule has 1 aliphatic carbocycles. The van der Waals surface area contributed by atoms with Gasteiger partial charge < -0.3 is 16.0 Å². The maximum absolute atomic E-state index is 12.9. The fourth-order valence-electron chi connectivity index (χ4n) is 3.64. The van der Waals surface area contributed by atoms with Gasteiger partial charge in [0.1, 0.15) is 6.04 Å². The summed E-state index contributed by atoms with van der Waals surface area (Å²) in [5, 5.41) is 6.87. The van der Waals surface area contributed by atoms with Crippen LogP contribution in [-0.4, -0.2) is 29.9 Å². The molecule has 1 heterocycles. The van der Waals surface area contributed by atoms with Gasteiger partial charge in [-0.05, 0) is 31.0 Å². The van der Waals surface area contributed by atoms with Crippen molar-refractivity contribution in [3.05, 3.63) is 28.8 Å². The van der Waals surface area contributed by atoms with E-state index in [0.717, 1.165) is 37.8 Å². The first-order valence-electron chi connectivity index (χ1n) is 8.56. The molecule has 0 unspecified atom stereocenters. The summed E-state index contributed by atoms with van der Waals surface area (Å²) in [6.45, 7) is 0. The molecule has 1 aromatic carbocycles. The number of nitrogens with one attached hydrogen (secondary N) is 2. The van der Waals surface area contributed by atoms with Gasteiger partial charge >= 0.3 is 6.18 Å². The summed E-state index contributed by atoms with van der Waals surface area (Å²) in [7, 11) is 0. The van der Waals surface area contributed by atoms with Crippen LogP contribution < -0.4 is 16.0 Å². The molecule has 2 aliphatic rings. The van der Waals surface area contributed by atoms with Gasteiger partial charge in [0.2, 0.25) is 5.91 Å². The highest BCUT2D eigenvalue weighted by atomic mass is 35.5. The Morgan fingerprint density at radius 3 is 2.77 bits per heavy atom.